The monoisotopic (exact) mass is 385 g/mol. The van der Waals surface area contributed by atoms with E-state index in [1.54, 1.807) is 31.2 Å². The van der Waals surface area contributed by atoms with Gasteiger partial charge in [0.2, 0.25) is 0 Å². The summed E-state index contributed by atoms with van der Waals surface area (Å²) < 4.78 is 5.12. The van der Waals surface area contributed by atoms with Crippen molar-refractivity contribution < 1.29 is 14.0 Å². The second kappa shape index (κ2) is 10.1. The molecule has 0 aliphatic rings. The summed E-state index contributed by atoms with van der Waals surface area (Å²) in [6.07, 6.45) is 3.07. The van der Waals surface area contributed by atoms with Crippen LogP contribution < -0.4 is 16.4 Å². The van der Waals surface area contributed by atoms with E-state index in [4.69, 9.17) is 21.8 Å². The Kier molecular flexibility index (Phi) is 8.48. The molecule has 0 spiro atoms. The molecule has 0 bridgehead atoms. The van der Waals surface area contributed by atoms with Crippen LogP contribution in [0, 0.1) is 6.92 Å². The van der Waals surface area contributed by atoms with Crippen LogP contribution in [-0.4, -0.2) is 24.9 Å². The number of anilines is 1. The highest BCUT2D eigenvalue weighted by Crippen LogP contribution is 2.22. The second-order valence-corrected chi connectivity index (χ2v) is 5.72. The van der Waals surface area contributed by atoms with E-state index in [0.29, 0.717) is 40.7 Å². The van der Waals surface area contributed by atoms with Gasteiger partial charge in [-0.15, -0.1) is 12.4 Å². The van der Waals surface area contributed by atoms with Crippen LogP contribution in [0.3, 0.4) is 0 Å². The summed E-state index contributed by atoms with van der Waals surface area (Å²) in [7, 11) is 0. The van der Waals surface area contributed by atoms with Gasteiger partial charge in [0.25, 0.3) is 11.8 Å². The number of nitrogens with two attached hydrogens (primary N) is 1. The SMILES string of the molecule is Cc1occc1C(=O)Nc1cc(Cl)ccc1C(=O)NCCCCN.Cl. The Labute approximate surface area is 157 Å². The summed E-state index contributed by atoms with van der Waals surface area (Å²) >= 11 is 5.99. The first-order chi connectivity index (χ1) is 11.5. The minimum absolute atomic E-state index is 0. The van der Waals surface area contributed by atoms with Crippen LogP contribution in [0.25, 0.3) is 0 Å². The molecule has 0 radical (unpaired) electrons. The first kappa shape index (κ1) is 21.0. The fraction of sp³-hybridized carbons (Fsp3) is 0.294. The van der Waals surface area contributed by atoms with Crippen LogP contribution in [0.1, 0.15) is 39.3 Å². The molecule has 0 saturated heterocycles. The van der Waals surface area contributed by atoms with Crippen molar-refractivity contribution in [2.45, 2.75) is 19.8 Å². The first-order valence-corrected chi connectivity index (χ1v) is 8.04. The Hall–Kier alpha value is -2.02. The van der Waals surface area contributed by atoms with E-state index in [1.165, 1.54) is 6.26 Å². The van der Waals surface area contributed by atoms with E-state index in [-0.39, 0.29) is 24.2 Å². The number of nitrogens with one attached hydrogen (secondary N) is 2. The number of carbonyl (C=O) groups excluding carboxylic acids is 2. The topological polar surface area (TPSA) is 97.4 Å². The van der Waals surface area contributed by atoms with Crippen molar-refractivity contribution in [2.24, 2.45) is 5.73 Å². The summed E-state index contributed by atoms with van der Waals surface area (Å²) in [5.74, 6) is -0.133. The Balaban J connectivity index is 0.00000312. The van der Waals surface area contributed by atoms with Crippen LogP contribution in [0.4, 0.5) is 5.69 Å². The van der Waals surface area contributed by atoms with Crippen LogP contribution in [0.2, 0.25) is 5.02 Å². The number of hydrogen-bond donors (Lipinski definition) is 3. The molecule has 0 aliphatic carbocycles. The smallest absolute Gasteiger partial charge is 0.259 e. The number of aryl methyl sites for hydroxylation is 1. The van der Waals surface area contributed by atoms with Crippen molar-refractivity contribution >= 4 is 41.5 Å². The molecule has 6 nitrogen and oxygen atoms in total. The van der Waals surface area contributed by atoms with Crippen LogP contribution in [-0.2, 0) is 0 Å². The predicted molar refractivity (Wildman–Crippen MR) is 101 cm³/mol. The average molecular weight is 386 g/mol. The molecule has 2 amide bonds. The molecular weight excluding hydrogens is 365 g/mol. The fourth-order valence-electron chi connectivity index (χ4n) is 2.19. The van der Waals surface area contributed by atoms with Gasteiger partial charge in [0.1, 0.15) is 5.76 Å². The molecule has 4 N–H and O–H groups in total. The molecule has 1 heterocycles. The quantitative estimate of drug-likeness (QED) is 0.636. The third-order valence-electron chi connectivity index (χ3n) is 3.49. The normalized spacial score (nSPS) is 10.0. The highest BCUT2D eigenvalue weighted by molar-refractivity contribution is 6.31. The number of hydrogen-bond acceptors (Lipinski definition) is 4. The Morgan fingerprint density at radius 1 is 1.16 bits per heavy atom. The largest absolute Gasteiger partial charge is 0.469 e. The molecule has 136 valence electrons. The molecule has 0 aliphatic heterocycles. The number of rotatable bonds is 7. The zero-order chi connectivity index (χ0) is 17.5. The molecule has 0 fully saturated rings. The second-order valence-electron chi connectivity index (χ2n) is 5.29. The molecule has 1 aromatic carbocycles. The maximum atomic E-state index is 12.3. The van der Waals surface area contributed by atoms with Gasteiger partial charge in [0.05, 0.1) is 23.1 Å². The van der Waals surface area contributed by atoms with Crippen molar-refractivity contribution in [3.8, 4) is 0 Å². The third kappa shape index (κ3) is 5.77. The van der Waals surface area contributed by atoms with Gasteiger partial charge >= 0.3 is 0 Å². The first-order valence-electron chi connectivity index (χ1n) is 7.66. The summed E-state index contributed by atoms with van der Waals surface area (Å²) in [6, 6.07) is 6.30. The lowest BCUT2D eigenvalue weighted by Crippen LogP contribution is -2.26. The van der Waals surface area contributed by atoms with Gasteiger partial charge in [0.15, 0.2) is 0 Å². The van der Waals surface area contributed by atoms with Crippen LogP contribution in [0.15, 0.2) is 34.9 Å². The molecule has 0 atom stereocenters. The maximum Gasteiger partial charge on any atom is 0.259 e. The van der Waals surface area contributed by atoms with E-state index in [0.717, 1.165) is 12.8 Å². The molecule has 2 rings (SSSR count). The number of benzene rings is 1. The number of furan rings is 1. The molecule has 0 saturated carbocycles. The van der Waals surface area contributed by atoms with Gasteiger partial charge in [-0.05, 0) is 50.6 Å². The maximum absolute atomic E-state index is 12.3. The van der Waals surface area contributed by atoms with Gasteiger partial charge < -0.3 is 20.8 Å². The third-order valence-corrected chi connectivity index (χ3v) is 3.73. The van der Waals surface area contributed by atoms with Crippen LogP contribution >= 0.6 is 24.0 Å². The van der Waals surface area contributed by atoms with E-state index in [2.05, 4.69) is 10.6 Å². The number of halogens is 2. The van der Waals surface area contributed by atoms with Crippen molar-refractivity contribution in [3.63, 3.8) is 0 Å². The predicted octanol–water partition coefficient (Wildman–Crippen LogP) is 3.38. The average Bonchev–Trinajstić information content (AvgIpc) is 2.97. The zero-order valence-corrected chi connectivity index (χ0v) is 15.4. The van der Waals surface area contributed by atoms with E-state index in [1.807, 2.05) is 0 Å². The van der Waals surface area contributed by atoms with Crippen LogP contribution in [0.5, 0.6) is 0 Å². The highest BCUT2D eigenvalue weighted by Gasteiger charge is 2.17. The number of carbonyl (C=O) groups is 2. The minimum atomic E-state index is -0.360. The summed E-state index contributed by atoms with van der Waals surface area (Å²) in [5, 5.41) is 5.94. The van der Waals surface area contributed by atoms with Crippen molar-refractivity contribution in [3.05, 3.63) is 52.4 Å². The summed E-state index contributed by atoms with van der Waals surface area (Å²) in [5.41, 5.74) is 6.53. The van der Waals surface area contributed by atoms with E-state index >= 15 is 0 Å². The lowest BCUT2D eigenvalue weighted by molar-refractivity contribution is 0.0954. The summed E-state index contributed by atoms with van der Waals surface area (Å²) in [4.78, 5) is 24.6. The van der Waals surface area contributed by atoms with Gasteiger partial charge in [-0.25, -0.2) is 0 Å². The van der Waals surface area contributed by atoms with E-state index < -0.39 is 0 Å². The molecule has 25 heavy (non-hydrogen) atoms. The van der Waals surface area contributed by atoms with Crippen molar-refractivity contribution in [2.75, 3.05) is 18.4 Å². The zero-order valence-electron chi connectivity index (χ0n) is 13.8. The van der Waals surface area contributed by atoms with Gasteiger partial charge in [0, 0.05) is 11.6 Å². The fourth-order valence-corrected chi connectivity index (χ4v) is 2.37. The minimum Gasteiger partial charge on any atom is -0.469 e. The van der Waals surface area contributed by atoms with Gasteiger partial charge in [-0.2, -0.15) is 0 Å². The molecule has 0 unspecified atom stereocenters. The Bertz CT molecular complexity index is 732. The van der Waals surface area contributed by atoms with E-state index in [9.17, 15) is 9.59 Å². The van der Waals surface area contributed by atoms with Gasteiger partial charge in [-0.3, -0.25) is 9.59 Å². The molecule has 8 heteroatoms. The standard InChI is InChI=1S/C17H20ClN3O3.ClH/c1-11-13(6-9-24-11)17(23)21-15-10-12(18)4-5-14(15)16(22)20-8-3-2-7-19;/h4-6,9-10H,2-3,7-8,19H2,1H3,(H,20,22)(H,21,23);1H. The molecule has 2 aromatic rings. The molecule has 1 aromatic heterocycles. The van der Waals surface area contributed by atoms with Gasteiger partial charge in [-0.1, -0.05) is 11.6 Å². The molecular formula is C17H21Cl2N3O3. The summed E-state index contributed by atoms with van der Waals surface area (Å²) in [6.45, 7) is 2.80. The number of unbranched alkanes of at least 4 members (excludes halogenated alkanes) is 1. The van der Waals surface area contributed by atoms with Crippen molar-refractivity contribution in [1.29, 1.82) is 0 Å². The number of amides is 2. The van der Waals surface area contributed by atoms with Crippen molar-refractivity contribution in [1.82, 2.24) is 5.32 Å². The Morgan fingerprint density at radius 2 is 1.92 bits per heavy atom. The lowest BCUT2D eigenvalue weighted by atomic mass is 10.1. The highest BCUT2D eigenvalue weighted by atomic mass is 35.5. The Morgan fingerprint density at radius 3 is 2.56 bits per heavy atom. The lowest BCUT2D eigenvalue weighted by Gasteiger charge is -2.12.